The molecular weight excluding hydrogens is 272 g/mol. The molecule has 1 fully saturated rings. The number of hydrogen-bond acceptors (Lipinski definition) is 4. The second-order valence-corrected chi connectivity index (χ2v) is 6.05. The van der Waals surface area contributed by atoms with E-state index in [0.717, 1.165) is 30.8 Å². The van der Waals surface area contributed by atoms with Gasteiger partial charge < -0.3 is 15.0 Å². The fourth-order valence-electron chi connectivity index (χ4n) is 2.43. The van der Waals surface area contributed by atoms with Gasteiger partial charge in [0.2, 0.25) is 5.91 Å². The number of hydrogen-bond donors (Lipinski definition) is 1. The number of carbonyl (C=O) groups is 1. The van der Waals surface area contributed by atoms with Gasteiger partial charge in [0.1, 0.15) is 11.1 Å². The molecule has 0 saturated carbocycles. The highest BCUT2D eigenvalue weighted by molar-refractivity contribution is 8.01. The molecule has 1 N–H and O–H groups in total. The number of ether oxygens (including phenoxy) is 1. The first-order valence-corrected chi connectivity index (χ1v) is 7.90. The van der Waals surface area contributed by atoms with Gasteiger partial charge in [-0.3, -0.25) is 4.79 Å². The third-order valence-corrected chi connectivity index (χ3v) is 5.14. The third-order valence-electron chi connectivity index (χ3n) is 3.51. The largest absolute Gasteiger partial charge is 0.496 e. The molecule has 0 aliphatic carbocycles. The van der Waals surface area contributed by atoms with Crippen LogP contribution < -0.4 is 10.1 Å². The molecule has 1 aliphatic heterocycles. The summed E-state index contributed by atoms with van der Waals surface area (Å²) < 4.78 is 5.45. The van der Waals surface area contributed by atoms with Gasteiger partial charge in [-0.05, 0) is 19.5 Å². The van der Waals surface area contributed by atoms with Crippen LogP contribution in [0.5, 0.6) is 5.75 Å². The quantitative estimate of drug-likeness (QED) is 0.874. The molecule has 1 aliphatic rings. The Labute approximate surface area is 124 Å². The van der Waals surface area contributed by atoms with Crippen molar-refractivity contribution in [2.45, 2.75) is 24.0 Å². The van der Waals surface area contributed by atoms with E-state index in [4.69, 9.17) is 4.74 Å². The first-order chi connectivity index (χ1) is 9.72. The zero-order chi connectivity index (χ0) is 14.5. The van der Waals surface area contributed by atoms with Crippen molar-refractivity contribution in [3.63, 3.8) is 0 Å². The molecular formula is C15H22N2O2S. The SMILES string of the molecule is CC[C@H]1S[C@@H](c2ccccc2OC)N(CCNC)C1=O. The summed E-state index contributed by atoms with van der Waals surface area (Å²) >= 11 is 1.73. The smallest absolute Gasteiger partial charge is 0.236 e. The minimum absolute atomic E-state index is 0.0527. The molecule has 20 heavy (non-hydrogen) atoms. The summed E-state index contributed by atoms with van der Waals surface area (Å²) in [6.45, 7) is 3.59. The van der Waals surface area contributed by atoms with Crippen LogP contribution in [0.4, 0.5) is 0 Å². The number of nitrogens with one attached hydrogen (secondary N) is 1. The number of benzene rings is 1. The lowest BCUT2D eigenvalue weighted by atomic mass is 10.1. The van der Waals surface area contributed by atoms with E-state index in [1.54, 1.807) is 18.9 Å². The molecule has 1 saturated heterocycles. The Hall–Kier alpha value is -1.20. The van der Waals surface area contributed by atoms with Crippen molar-refractivity contribution in [1.82, 2.24) is 10.2 Å². The van der Waals surface area contributed by atoms with Gasteiger partial charge in [0.05, 0.1) is 12.4 Å². The van der Waals surface area contributed by atoms with Crippen molar-refractivity contribution in [3.8, 4) is 5.75 Å². The number of para-hydroxylation sites is 1. The van der Waals surface area contributed by atoms with Gasteiger partial charge in [0, 0.05) is 18.7 Å². The van der Waals surface area contributed by atoms with Gasteiger partial charge in [-0.2, -0.15) is 0 Å². The molecule has 0 spiro atoms. The summed E-state index contributed by atoms with van der Waals surface area (Å²) in [4.78, 5) is 14.4. The molecule has 4 nitrogen and oxygen atoms in total. The molecule has 1 aromatic carbocycles. The van der Waals surface area contributed by atoms with Crippen LogP contribution in [0, 0.1) is 0 Å². The Bertz CT molecular complexity index is 467. The van der Waals surface area contributed by atoms with Crippen molar-refractivity contribution in [3.05, 3.63) is 29.8 Å². The highest BCUT2D eigenvalue weighted by atomic mass is 32.2. The van der Waals surface area contributed by atoms with Crippen LogP contribution in [0.3, 0.4) is 0 Å². The predicted molar refractivity (Wildman–Crippen MR) is 83.0 cm³/mol. The highest BCUT2D eigenvalue weighted by Crippen LogP contribution is 2.46. The number of nitrogens with zero attached hydrogens (tertiary/aromatic N) is 1. The minimum atomic E-state index is 0.0527. The summed E-state index contributed by atoms with van der Waals surface area (Å²) in [5.41, 5.74) is 1.08. The maximum absolute atomic E-state index is 12.5. The third kappa shape index (κ3) is 2.94. The van der Waals surface area contributed by atoms with E-state index in [2.05, 4.69) is 12.2 Å². The van der Waals surface area contributed by atoms with Crippen LogP contribution in [0.2, 0.25) is 0 Å². The molecule has 1 amide bonds. The lowest BCUT2D eigenvalue weighted by molar-refractivity contribution is -0.130. The minimum Gasteiger partial charge on any atom is -0.496 e. The van der Waals surface area contributed by atoms with Crippen molar-refractivity contribution in [2.75, 3.05) is 27.2 Å². The van der Waals surface area contributed by atoms with Crippen molar-refractivity contribution in [1.29, 1.82) is 0 Å². The summed E-state index contributed by atoms with van der Waals surface area (Å²) in [7, 11) is 3.58. The first kappa shape index (κ1) is 15.2. The van der Waals surface area contributed by atoms with Crippen LogP contribution in [0.25, 0.3) is 0 Å². The predicted octanol–water partition coefficient (Wildman–Crippen LogP) is 2.27. The van der Waals surface area contributed by atoms with Crippen LogP contribution in [0.1, 0.15) is 24.3 Å². The number of methoxy groups -OCH3 is 1. The van der Waals surface area contributed by atoms with Gasteiger partial charge in [0.15, 0.2) is 0 Å². The monoisotopic (exact) mass is 294 g/mol. The lowest BCUT2D eigenvalue weighted by Gasteiger charge is -2.25. The Morgan fingerprint density at radius 1 is 1.40 bits per heavy atom. The zero-order valence-electron chi connectivity index (χ0n) is 12.3. The summed E-state index contributed by atoms with van der Waals surface area (Å²) in [6.07, 6.45) is 0.866. The number of likely N-dealkylation sites (N-methyl/N-ethyl adjacent to an activating group) is 1. The Balaban J connectivity index is 2.29. The average molecular weight is 294 g/mol. The summed E-state index contributed by atoms with van der Waals surface area (Å²) in [5.74, 6) is 1.09. The van der Waals surface area contributed by atoms with Gasteiger partial charge in [-0.1, -0.05) is 25.1 Å². The fourth-order valence-corrected chi connectivity index (χ4v) is 3.88. The number of amides is 1. The van der Waals surface area contributed by atoms with Crippen LogP contribution in [-0.4, -0.2) is 43.3 Å². The second kappa shape index (κ2) is 6.99. The van der Waals surface area contributed by atoms with E-state index in [1.807, 2.05) is 36.2 Å². The summed E-state index contributed by atoms with van der Waals surface area (Å²) in [5, 5.41) is 3.22. The molecule has 0 bridgehead atoms. The Kier molecular flexibility index (Phi) is 5.31. The maximum atomic E-state index is 12.5. The normalized spacial score (nSPS) is 22.4. The van der Waals surface area contributed by atoms with Gasteiger partial charge in [0.25, 0.3) is 0 Å². The average Bonchev–Trinajstić information content (AvgIpc) is 2.81. The lowest BCUT2D eigenvalue weighted by Crippen LogP contribution is -2.36. The zero-order valence-corrected chi connectivity index (χ0v) is 13.1. The van der Waals surface area contributed by atoms with Crippen LogP contribution in [-0.2, 0) is 4.79 Å². The molecule has 2 rings (SSSR count). The molecule has 0 radical (unpaired) electrons. The van der Waals surface area contributed by atoms with Gasteiger partial charge >= 0.3 is 0 Å². The second-order valence-electron chi connectivity index (χ2n) is 4.76. The summed E-state index contributed by atoms with van der Waals surface area (Å²) in [6, 6.07) is 7.96. The highest BCUT2D eigenvalue weighted by Gasteiger charge is 2.40. The Morgan fingerprint density at radius 3 is 2.80 bits per heavy atom. The Morgan fingerprint density at radius 2 is 2.15 bits per heavy atom. The van der Waals surface area contributed by atoms with E-state index >= 15 is 0 Å². The number of carbonyl (C=O) groups excluding carboxylic acids is 1. The first-order valence-electron chi connectivity index (χ1n) is 6.96. The van der Waals surface area contributed by atoms with Crippen LogP contribution >= 0.6 is 11.8 Å². The number of rotatable bonds is 6. The van der Waals surface area contributed by atoms with E-state index in [-0.39, 0.29) is 16.5 Å². The van der Waals surface area contributed by atoms with E-state index < -0.39 is 0 Å². The van der Waals surface area contributed by atoms with Crippen LogP contribution in [0.15, 0.2) is 24.3 Å². The van der Waals surface area contributed by atoms with Crippen molar-refractivity contribution >= 4 is 17.7 Å². The van der Waals surface area contributed by atoms with Crippen molar-refractivity contribution < 1.29 is 9.53 Å². The standard InChI is InChI=1S/C15H22N2O2S/c1-4-13-14(18)17(10-9-16-2)15(20-13)11-7-5-6-8-12(11)19-3/h5-8,13,15-16H,4,9-10H2,1-3H3/t13-,15+/m1/s1. The molecule has 1 aromatic rings. The topological polar surface area (TPSA) is 41.6 Å². The van der Waals surface area contributed by atoms with Gasteiger partial charge in [-0.15, -0.1) is 11.8 Å². The van der Waals surface area contributed by atoms with E-state index in [1.165, 1.54) is 0 Å². The van der Waals surface area contributed by atoms with E-state index in [0.29, 0.717) is 0 Å². The van der Waals surface area contributed by atoms with Gasteiger partial charge in [-0.25, -0.2) is 0 Å². The maximum Gasteiger partial charge on any atom is 0.236 e. The molecule has 2 atom stereocenters. The van der Waals surface area contributed by atoms with E-state index in [9.17, 15) is 4.79 Å². The molecule has 1 heterocycles. The van der Waals surface area contributed by atoms with Crippen molar-refractivity contribution in [2.24, 2.45) is 0 Å². The molecule has 110 valence electrons. The molecule has 0 unspecified atom stereocenters. The fraction of sp³-hybridized carbons (Fsp3) is 0.533. The number of thioether (sulfide) groups is 1. The molecule has 0 aromatic heterocycles. The molecule has 5 heteroatoms.